The van der Waals surface area contributed by atoms with Crippen molar-refractivity contribution < 1.29 is 24.2 Å². The Hall–Kier alpha value is -3.75. The fourth-order valence-corrected chi connectivity index (χ4v) is 7.50. The topological polar surface area (TPSA) is 90.4 Å². The number of amides is 3. The molecule has 4 heterocycles. The van der Waals surface area contributed by atoms with Crippen LogP contribution in [0, 0.1) is 11.8 Å². The van der Waals surface area contributed by atoms with Crippen LogP contribution in [0.3, 0.4) is 0 Å². The van der Waals surface area contributed by atoms with E-state index in [4.69, 9.17) is 4.74 Å². The van der Waals surface area contributed by atoms with E-state index >= 15 is 0 Å². The fraction of sp³-hybridized carbons (Fsp3) is 0.441. The smallest absolute Gasteiger partial charge is 0.249 e. The monoisotopic (exact) mass is 569 g/mol. The maximum absolute atomic E-state index is 14.6. The highest BCUT2D eigenvalue weighted by molar-refractivity contribution is 6.00. The van der Waals surface area contributed by atoms with Gasteiger partial charge in [-0.25, -0.2) is 0 Å². The summed E-state index contributed by atoms with van der Waals surface area (Å²) in [6, 6.07) is 18.0. The van der Waals surface area contributed by atoms with Gasteiger partial charge in [0.2, 0.25) is 17.7 Å². The van der Waals surface area contributed by atoms with Gasteiger partial charge < -0.3 is 24.5 Å². The minimum Gasteiger partial charge on any atom is -0.394 e. The second-order valence-corrected chi connectivity index (χ2v) is 11.8. The minimum absolute atomic E-state index is 0.148. The highest BCUT2D eigenvalue weighted by Gasteiger charge is 2.75. The van der Waals surface area contributed by atoms with Crippen molar-refractivity contribution in [3.63, 3.8) is 0 Å². The highest BCUT2D eigenvalue weighted by atomic mass is 16.5. The van der Waals surface area contributed by atoms with Gasteiger partial charge in [0.05, 0.1) is 30.1 Å². The molecular weight excluding hydrogens is 530 g/mol. The Morgan fingerprint density at radius 3 is 1.93 bits per heavy atom. The van der Waals surface area contributed by atoms with Gasteiger partial charge in [-0.3, -0.25) is 14.4 Å². The third-order valence-electron chi connectivity index (χ3n) is 9.55. The van der Waals surface area contributed by atoms with Crippen LogP contribution >= 0.6 is 0 Å². The lowest BCUT2D eigenvalue weighted by Crippen LogP contribution is -2.58. The van der Waals surface area contributed by atoms with Crippen molar-refractivity contribution in [1.29, 1.82) is 0 Å². The molecule has 0 radical (unpaired) electrons. The predicted molar refractivity (Wildman–Crippen MR) is 158 cm³/mol. The molecular formula is C34H39N3O5. The molecule has 0 bridgehead atoms. The van der Waals surface area contributed by atoms with E-state index < -0.39 is 35.1 Å². The summed E-state index contributed by atoms with van der Waals surface area (Å²) in [4.78, 5) is 48.7. The first-order valence-electron chi connectivity index (χ1n) is 15.0. The van der Waals surface area contributed by atoms with Crippen LogP contribution in [0.25, 0.3) is 0 Å². The number of hydrogen-bond acceptors (Lipinski definition) is 5. The van der Waals surface area contributed by atoms with Gasteiger partial charge in [0.1, 0.15) is 11.6 Å². The van der Waals surface area contributed by atoms with Crippen molar-refractivity contribution >= 4 is 17.7 Å². The van der Waals surface area contributed by atoms with Crippen LogP contribution in [-0.2, 0) is 32.2 Å². The van der Waals surface area contributed by atoms with Crippen LogP contribution in [0.15, 0.2) is 85.0 Å². The largest absolute Gasteiger partial charge is 0.394 e. The second kappa shape index (κ2) is 11.2. The Morgan fingerprint density at radius 2 is 1.38 bits per heavy atom. The van der Waals surface area contributed by atoms with Crippen LogP contribution < -0.4 is 0 Å². The van der Waals surface area contributed by atoms with Crippen molar-refractivity contribution in [2.45, 2.75) is 63.1 Å². The lowest BCUT2D eigenvalue weighted by molar-refractivity contribution is -0.157. The summed E-state index contributed by atoms with van der Waals surface area (Å²) in [5.74, 6) is -2.38. The molecule has 2 aromatic rings. The van der Waals surface area contributed by atoms with E-state index in [2.05, 4.69) is 0 Å². The molecule has 220 valence electrons. The van der Waals surface area contributed by atoms with Crippen LogP contribution in [-0.4, -0.2) is 80.5 Å². The maximum atomic E-state index is 14.6. The maximum Gasteiger partial charge on any atom is 0.249 e. The molecule has 2 saturated heterocycles. The van der Waals surface area contributed by atoms with Crippen LogP contribution in [0.2, 0.25) is 0 Å². The number of ether oxygens (including phenoxy) is 1. The highest BCUT2D eigenvalue weighted by Crippen LogP contribution is 2.59. The van der Waals surface area contributed by atoms with Crippen LogP contribution in [0.5, 0.6) is 0 Å². The number of hydrogen-bond donors (Lipinski definition) is 1. The number of benzene rings is 2. The first-order chi connectivity index (χ1) is 20.4. The molecule has 8 nitrogen and oxygen atoms in total. The zero-order chi connectivity index (χ0) is 29.5. The molecule has 1 spiro atoms. The average Bonchev–Trinajstić information content (AvgIpc) is 3.32. The first kappa shape index (κ1) is 28.4. The van der Waals surface area contributed by atoms with Crippen molar-refractivity contribution in [2.24, 2.45) is 11.8 Å². The zero-order valence-corrected chi connectivity index (χ0v) is 24.3. The van der Waals surface area contributed by atoms with Crippen molar-refractivity contribution in [3.8, 4) is 0 Å². The second-order valence-electron chi connectivity index (χ2n) is 11.8. The molecule has 3 amide bonds. The van der Waals surface area contributed by atoms with E-state index in [-0.39, 0.29) is 24.3 Å². The molecule has 0 saturated carbocycles. The van der Waals surface area contributed by atoms with E-state index in [1.807, 2.05) is 98.8 Å². The van der Waals surface area contributed by atoms with Gasteiger partial charge in [-0.05, 0) is 24.0 Å². The molecule has 2 fully saturated rings. The molecule has 6 atom stereocenters. The van der Waals surface area contributed by atoms with Gasteiger partial charge in [-0.1, -0.05) is 98.8 Å². The summed E-state index contributed by atoms with van der Waals surface area (Å²) in [6.45, 7) is 5.14. The molecule has 1 N–H and O–H groups in total. The van der Waals surface area contributed by atoms with E-state index in [0.29, 0.717) is 39.0 Å². The summed E-state index contributed by atoms with van der Waals surface area (Å²) >= 11 is 0. The van der Waals surface area contributed by atoms with Crippen LogP contribution in [0.1, 0.15) is 37.8 Å². The number of aliphatic hydroxyl groups is 1. The van der Waals surface area contributed by atoms with Crippen molar-refractivity contribution in [3.05, 3.63) is 96.1 Å². The normalized spacial score (nSPS) is 31.1. The van der Waals surface area contributed by atoms with E-state index in [1.165, 1.54) is 0 Å². The van der Waals surface area contributed by atoms with Gasteiger partial charge in [-0.15, -0.1) is 0 Å². The summed E-state index contributed by atoms with van der Waals surface area (Å²) < 4.78 is 7.04. The van der Waals surface area contributed by atoms with Crippen molar-refractivity contribution in [1.82, 2.24) is 14.7 Å². The fourth-order valence-electron chi connectivity index (χ4n) is 7.50. The number of fused-ring (bicyclic) bond motifs is 2. The molecule has 4 aliphatic heterocycles. The van der Waals surface area contributed by atoms with Crippen LogP contribution in [0.4, 0.5) is 0 Å². The minimum atomic E-state index is -1.33. The molecule has 0 aromatic heterocycles. The molecule has 4 aliphatic rings. The van der Waals surface area contributed by atoms with Gasteiger partial charge in [0.25, 0.3) is 0 Å². The third-order valence-corrected chi connectivity index (χ3v) is 9.55. The summed E-state index contributed by atoms with van der Waals surface area (Å²) in [6.07, 6.45) is 8.65. The number of aliphatic hydroxyl groups excluding tert-OH is 1. The molecule has 0 aliphatic carbocycles. The Kier molecular flexibility index (Phi) is 7.53. The number of carbonyl (C=O) groups is 3. The molecule has 6 rings (SSSR count). The SMILES string of the molecule is CC[C@@H](CO)N1C(=O)[C@@H]2[C@H]3C(=O)N(Cc4ccccc4)CC=C[C@@]3(CC)O[C@@]23C=CCN(Cc2ccccc2)C(=O)C13. The number of nitrogens with zero attached hydrogens (tertiary/aromatic N) is 3. The third kappa shape index (κ3) is 4.39. The lowest BCUT2D eigenvalue weighted by Gasteiger charge is -2.40. The summed E-state index contributed by atoms with van der Waals surface area (Å²) in [5.41, 5.74) is -0.387. The number of likely N-dealkylation sites (tertiary alicyclic amines) is 1. The zero-order valence-electron chi connectivity index (χ0n) is 24.3. The molecule has 42 heavy (non-hydrogen) atoms. The van der Waals surface area contributed by atoms with Crippen molar-refractivity contribution in [2.75, 3.05) is 19.7 Å². The Balaban J connectivity index is 1.44. The summed E-state index contributed by atoms with van der Waals surface area (Å²) in [5, 5.41) is 10.4. The standard InChI is InChI=1S/C34H39N3O5/c1-3-26(23-38)37-29-32(41)36(22-25-15-9-6-10-16-25)20-12-18-34(29)28(31(37)40)27-30(39)35(21-24-13-7-5-8-14-24)19-11-17-33(27,4-2)42-34/h5-18,26-29,38H,3-4,19-23H2,1-2H3/t26-,27-,28-,29?,33+,34-/m0/s1. The number of carbonyl (C=O) groups excluding carboxylic acids is 3. The van der Waals surface area contributed by atoms with Gasteiger partial charge in [0.15, 0.2) is 0 Å². The van der Waals surface area contributed by atoms with E-state index in [0.717, 1.165) is 11.1 Å². The lowest BCUT2D eigenvalue weighted by atomic mass is 9.73. The summed E-state index contributed by atoms with van der Waals surface area (Å²) in [7, 11) is 0. The predicted octanol–water partition coefficient (Wildman–Crippen LogP) is 3.32. The number of rotatable bonds is 8. The van der Waals surface area contributed by atoms with E-state index in [9.17, 15) is 19.5 Å². The molecule has 8 heteroatoms. The molecule has 1 unspecified atom stereocenters. The average molecular weight is 570 g/mol. The quantitative estimate of drug-likeness (QED) is 0.493. The molecule has 2 aromatic carbocycles. The Labute approximate surface area is 247 Å². The van der Waals surface area contributed by atoms with E-state index in [1.54, 1.807) is 14.7 Å². The Morgan fingerprint density at radius 1 is 0.810 bits per heavy atom. The van der Waals surface area contributed by atoms with Gasteiger partial charge in [-0.2, -0.15) is 0 Å². The van der Waals surface area contributed by atoms with Gasteiger partial charge in [0, 0.05) is 26.2 Å². The Bertz CT molecular complexity index is 1390. The first-order valence-corrected chi connectivity index (χ1v) is 15.0. The van der Waals surface area contributed by atoms with Gasteiger partial charge >= 0.3 is 0 Å².